The molecule has 6 heteroatoms. The lowest BCUT2D eigenvalue weighted by molar-refractivity contribution is 0.581. The van der Waals surface area contributed by atoms with Crippen LogP contribution in [-0.4, -0.2) is 13.4 Å². The summed E-state index contributed by atoms with van der Waals surface area (Å²) in [5.41, 5.74) is 2.22. The summed E-state index contributed by atoms with van der Waals surface area (Å²) in [7, 11) is -3.59. The molecule has 2 rings (SSSR count). The normalized spacial score (nSPS) is 11.0. The minimum absolute atomic E-state index is 0.137. The molecule has 0 unspecified atom stereocenters. The van der Waals surface area contributed by atoms with Gasteiger partial charge in [-0.1, -0.05) is 0 Å². The van der Waals surface area contributed by atoms with Crippen molar-refractivity contribution >= 4 is 10.0 Å². The Morgan fingerprint density at radius 3 is 2.55 bits per heavy atom. The first-order valence-electron chi connectivity index (χ1n) is 5.92. The van der Waals surface area contributed by atoms with E-state index in [1.165, 1.54) is 24.3 Å². The van der Waals surface area contributed by atoms with Crippen molar-refractivity contribution in [3.05, 3.63) is 59.4 Å². The molecular formula is C14H13N3O2S. The number of benzene rings is 1. The smallest absolute Gasteiger partial charge is 0.240 e. The minimum atomic E-state index is -3.59. The first-order chi connectivity index (χ1) is 9.53. The Kier molecular flexibility index (Phi) is 4.13. The van der Waals surface area contributed by atoms with Crippen LogP contribution in [0.5, 0.6) is 0 Å². The van der Waals surface area contributed by atoms with Crippen LogP contribution < -0.4 is 4.72 Å². The molecule has 0 atom stereocenters. The molecule has 1 N–H and O–H groups in total. The number of nitriles is 1. The molecule has 102 valence electrons. The van der Waals surface area contributed by atoms with Crippen LogP contribution in [0.25, 0.3) is 0 Å². The number of rotatable bonds is 4. The van der Waals surface area contributed by atoms with Crippen LogP contribution in [-0.2, 0) is 16.6 Å². The van der Waals surface area contributed by atoms with Crippen LogP contribution in [0.1, 0.15) is 16.7 Å². The third-order valence-electron chi connectivity index (χ3n) is 2.89. The van der Waals surface area contributed by atoms with Gasteiger partial charge in [-0.25, -0.2) is 13.1 Å². The van der Waals surface area contributed by atoms with Crippen molar-refractivity contribution in [1.29, 1.82) is 5.26 Å². The predicted octanol–water partition coefficient (Wildman–Crippen LogP) is 1.74. The van der Waals surface area contributed by atoms with Crippen LogP contribution in [0.3, 0.4) is 0 Å². The minimum Gasteiger partial charge on any atom is -0.264 e. The molecule has 0 aliphatic rings. The summed E-state index contributed by atoms with van der Waals surface area (Å²) in [5, 5.41) is 8.69. The standard InChI is InChI=1S/C14H13N3O2S/c1-11-6-7-16-9-13(11)10-17-20(18,19)14-4-2-12(8-15)3-5-14/h2-7,9,17H,10H2,1H3. The molecule has 1 aromatic heterocycles. The van der Waals surface area contributed by atoms with Crippen LogP contribution in [0.4, 0.5) is 0 Å². The maximum absolute atomic E-state index is 12.1. The van der Waals surface area contributed by atoms with Crippen molar-refractivity contribution in [3.8, 4) is 6.07 Å². The molecule has 0 radical (unpaired) electrons. The number of hydrogen-bond donors (Lipinski definition) is 1. The van der Waals surface area contributed by atoms with E-state index >= 15 is 0 Å². The zero-order valence-electron chi connectivity index (χ0n) is 10.9. The molecule has 1 aromatic carbocycles. The summed E-state index contributed by atoms with van der Waals surface area (Å²) >= 11 is 0. The number of hydrogen-bond acceptors (Lipinski definition) is 4. The third kappa shape index (κ3) is 3.20. The van der Waals surface area contributed by atoms with E-state index in [-0.39, 0.29) is 11.4 Å². The highest BCUT2D eigenvalue weighted by molar-refractivity contribution is 7.89. The van der Waals surface area contributed by atoms with Gasteiger partial charge in [0.25, 0.3) is 0 Å². The van der Waals surface area contributed by atoms with Crippen molar-refractivity contribution < 1.29 is 8.42 Å². The quantitative estimate of drug-likeness (QED) is 0.928. The lowest BCUT2D eigenvalue weighted by Crippen LogP contribution is -2.23. The molecule has 0 saturated carbocycles. The third-order valence-corrected chi connectivity index (χ3v) is 4.31. The number of aromatic nitrogens is 1. The number of sulfonamides is 1. The maximum Gasteiger partial charge on any atom is 0.240 e. The molecular weight excluding hydrogens is 274 g/mol. The van der Waals surface area contributed by atoms with E-state index < -0.39 is 10.0 Å². The highest BCUT2D eigenvalue weighted by Crippen LogP contribution is 2.11. The lowest BCUT2D eigenvalue weighted by atomic mass is 10.2. The Hall–Kier alpha value is -2.23. The van der Waals surface area contributed by atoms with Gasteiger partial charge in [0.15, 0.2) is 0 Å². The van der Waals surface area contributed by atoms with E-state index in [9.17, 15) is 8.42 Å². The fourth-order valence-corrected chi connectivity index (χ4v) is 2.65. The molecule has 5 nitrogen and oxygen atoms in total. The lowest BCUT2D eigenvalue weighted by Gasteiger charge is -2.08. The highest BCUT2D eigenvalue weighted by Gasteiger charge is 2.13. The molecule has 0 amide bonds. The van der Waals surface area contributed by atoms with Crippen molar-refractivity contribution in [3.63, 3.8) is 0 Å². The fraction of sp³-hybridized carbons (Fsp3) is 0.143. The highest BCUT2D eigenvalue weighted by atomic mass is 32.2. The Labute approximate surface area is 118 Å². The maximum atomic E-state index is 12.1. The summed E-state index contributed by atoms with van der Waals surface area (Å²) in [5.74, 6) is 0. The van der Waals surface area contributed by atoms with Gasteiger partial charge < -0.3 is 0 Å². The Bertz CT molecular complexity index is 747. The molecule has 0 fully saturated rings. The summed E-state index contributed by atoms with van der Waals surface area (Å²) in [6.07, 6.45) is 3.30. The van der Waals surface area contributed by atoms with Crippen molar-refractivity contribution in [2.75, 3.05) is 0 Å². The van der Waals surface area contributed by atoms with Crippen molar-refractivity contribution in [1.82, 2.24) is 9.71 Å². The molecule has 0 bridgehead atoms. The zero-order valence-corrected chi connectivity index (χ0v) is 11.7. The van der Waals surface area contributed by atoms with Crippen LogP contribution in [0, 0.1) is 18.3 Å². The van der Waals surface area contributed by atoms with Gasteiger partial charge >= 0.3 is 0 Å². The monoisotopic (exact) mass is 287 g/mol. The number of nitrogens with one attached hydrogen (secondary N) is 1. The summed E-state index contributed by atoms with van der Waals surface area (Å²) in [6, 6.07) is 9.55. The zero-order chi connectivity index (χ0) is 14.6. The molecule has 0 aliphatic carbocycles. The summed E-state index contributed by atoms with van der Waals surface area (Å²) in [4.78, 5) is 4.11. The van der Waals surface area contributed by atoms with Gasteiger partial charge in [0.05, 0.1) is 16.5 Å². The van der Waals surface area contributed by atoms with Gasteiger partial charge in [-0.2, -0.15) is 5.26 Å². The summed E-state index contributed by atoms with van der Waals surface area (Å²) in [6.45, 7) is 2.08. The Morgan fingerprint density at radius 2 is 1.95 bits per heavy atom. The summed E-state index contributed by atoms with van der Waals surface area (Å²) < 4.78 is 26.7. The molecule has 0 aliphatic heterocycles. The second-order valence-electron chi connectivity index (χ2n) is 4.26. The van der Waals surface area contributed by atoms with Gasteiger partial charge in [0.1, 0.15) is 0 Å². The van der Waals surface area contributed by atoms with Gasteiger partial charge in [0, 0.05) is 18.9 Å². The van der Waals surface area contributed by atoms with Gasteiger partial charge in [-0.15, -0.1) is 0 Å². The average Bonchev–Trinajstić information content (AvgIpc) is 2.46. The first-order valence-corrected chi connectivity index (χ1v) is 7.40. The largest absolute Gasteiger partial charge is 0.264 e. The topological polar surface area (TPSA) is 82.8 Å². The first kappa shape index (κ1) is 14.2. The number of pyridine rings is 1. The number of aryl methyl sites for hydroxylation is 1. The number of nitrogens with zero attached hydrogens (tertiary/aromatic N) is 2. The van der Waals surface area contributed by atoms with E-state index in [1.807, 2.05) is 19.1 Å². The molecule has 2 aromatic rings. The van der Waals surface area contributed by atoms with E-state index in [0.717, 1.165) is 11.1 Å². The SMILES string of the molecule is Cc1ccncc1CNS(=O)(=O)c1ccc(C#N)cc1. The van der Waals surface area contributed by atoms with Gasteiger partial charge in [-0.3, -0.25) is 4.98 Å². The van der Waals surface area contributed by atoms with Crippen molar-refractivity contribution in [2.24, 2.45) is 0 Å². The van der Waals surface area contributed by atoms with E-state index in [4.69, 9.17) is 5.26 Å². The molecule has 1 heterocycles. The van der Waals surface area contributed by atoms with Gasteiger partial charge in [0.2, 0.25) is 10.0 Å². The average molecular weight is 287 g/mol. The second-order valence-corrected chi connectivity index (χ2v) is 6.03. The predicted molar refractivity (Wildman–Crippen MR) is 74.2 cm³/mol. The second kappa shape index (κ2) is 5.82. The Balaban J connectivity index is 2.15. The van der Waals surface area contributed by atoms with E-state index in [1.54, 1.807) is 12.4 Å². The Morgan fingerprint density at radius 1 is 1.25 bits per heavy atom. The molecule has 0 spiro atoms. The van der Waals surface area contributed by atoms with E-state index in [0.29, 0.717) is 5.56 Å². The van der Waals surface area contributed by atoms with Crippen LogP contribution in [0.15, 0.2) is 47.6 Å². The van der Waals surface area contributed by atoms with E-state index in [2.05, 4.69) is 9.71 Å². The van der Waals surface area contributed by atoms with Crippen LogP contribution in [0.2, 0.25) is 0 Å². The van der Waals surface area contributed by atoms with Crippen LogP contribution >= 0.6 is 0 Å². The fourth-order valence-electron chi connectivity index (χ4n) is 1.65. The molecule has 20 heavy (non-hydrogen) atoms. The van der Waals surface area contributed by atoms with Crippen molar-refractivity contribution in [2.45, 2.75) is 18.4 Å². The molecule has 0 saturated heterocycles. The van der Waals surface area contributed by atoms with Gasteiger partial charge in [-0.05, 0) is 48.4 Å².